The molecule has 1 aliphatic heterocycles. The first kappa shape index (κ1) is 18.9. The lowest BCUT2D eigenvalue weighted by Crippen LogP contribution is -2.39. The highest BCUT2D eigenvalue weighted by Gasteiger charge is 2.33. The van der Waals surface area contributed by atoms with Crippen LogP contribution in [0.1, 0.15) is 41.8 Å². The zero-order valence-electron chi connectivity index (χ0n) is 15.8. The van der Waals surface area contributed by atoms with Crippen LogP contribution in [-0.4, -0.2) is 52.7 Å². The molecule has 1 aromatic carbocycles. The van der Waals surface area contributed by atoms with Gasteiger partial charge in [-0.25, -0.2) is 4.79 Å². The number of aromatic nitrogens is 2. The topological polar surface area (TPSA) is 88.8 Å². The minimum absolute atomic E-state index is 0.00335. The number of aryl methyl sites for hydroxylation is 1. The standard InChI is InChI=1S/C19H24N4O4/c1-13-20-21-18(27-13)16-11-14-7-4-5-8-15(14)12-23(16)17(24)9-6-10-22(2)19(25)26-3/h4-5,7-8,16H,6,9-12H2,1-3H3. The predicted octanol–water partition coefficient (Wildman–Crippen LogP) is 2.48. The summed E-state index contributed by atoms with van der Waals surface area (Å²) in [6.07, 6.45) is 1.12. The third-order valence-corrected chi connectivity index (χ3v) is 4.77. The molecule has 1 aliphatic rings. The number of amides is 2. The number of methoxy groups -OCH3 is 1. The quantitative estimate of drug-likeness (QED) is 0.801. The smallest absolute Gasteiger partial charge is 0.409 e. The number of rotatable bonds is 5. The summed E-state index contributed by atoms with van der Waals surface area (Å²) in [6.45, 7) is 2.70. The van der Waals surface area contributed by atoms with E-state index in [1.54, 1.807) is 18.9 Å². The Morgan fingerprint density at radius 1 is 1.30 bits per heavy atom. The Kier molecular flexibility index (Phi) is 5.73. The van der Waals surface area contributed by atoms with Crippen LogP contribution in [0.3, 0.4) is 0 Å². The molecule has 0 saturated carbocycles. The van der Waals surface area contributed by atoms with E-state index in [2.05, 4.69) is 21.0 Å². The van der Waals surface area contributed by atoms with E-state index in [0.29, 0.717) is 44.1 Å². The summed E-state index contributed by atoms with van der Waals surface area (Å²) in [5, 5.41) is 8.05. The van der Waals surface area contributed by atoms with Crippen LogP contribution in [0.15, 0.2) is 28.7 Å². The first-order valence-electron chi connectivity index (χ1n) is 8.95. The summed E-state index contributed by atoms with van der Waals surface area (Å²) >= 11 is 0. The molecule has 0 radical (unpaired) electrons. The number of hydrogen-bond acceptors (Lipinski definition) is 6. The number of benzene rings is 1. The molecule has 8 nitrogen and oxygen atoms in total. The highest BCUT2D eigenvalue weighted by Crippen LogP contribution is 2.33. The maximum absolute atomic E-state index is 12.9. The van der Waals surface area contributed by atoms with Crippen molar-refractivity contribution in [3.63, 3.8) is 0 Å². The number of nitrogens with zero attached hydrogens (tertiary/aromatic N) is 4. The van der Waals surface area contributed by atoms with Gasteiger partial charge in [0.2, 0.25) is 17.7 Å². The van der Waals surface area contributed by atoms with Crippen molar-refractivity contribution in [3.8, 4) is 0 Å². The first-order valence-corrected chi connectivity index (χ1v) is 8.95. The van der Waals surface area contributed by atoms with Crippen molar-refractivity contribution in [2.75, 3.05) is 20.7 Å². The molecule has 0 fully saturated rings. The van der Waals surface area contributed by atoms with Crippen LogP contribution in [0.4, 0.5) is 4.79 Å². The van der Waals surface area contributed by atoms with Gasteiger partial charge in [-0.05, 0) is 17.5 Å². The molecular weight excluding hydrogens is 348 g/mol. The van der Waals surface area contributed by atoms with E-state index in [0.717, 1.165) is 5.56 Å². The van der Waals surface area contributed by atoms with Gasteiger partial charge in [0.05, 0.1) is 7.11 Å². The highest BCUT2D eigenvalue weighted by molar-refractivity contribution is 5.77. The van der Waals surface area contributed by atoms with Crippen molar-refractivity contribution in [2.24, 2.45) is 0 Å². The number of carbonyl (C=O) groups is 2. The van der Waals surface area contributed by atoms with Gasteiger partial charge in [0.1, 0.15) is 6.04 Å². The number of ether oxygens (including phenoxy) is 1. The third kappa shape index (κ3) is 4.27. The van der Waals surface area contributed by atoms with E-state index in [-0.39, 0.29) is 11.9 Å². The molecule has 2 heterocycles. The number of carbonyl (C=O) groups excluding carboxylic acids is 2. The second-order valence-electron chi connectivity index (χ2n) is 6.66. The van der Waals surface area contributed by atoms with E-state index in [1.165, 1.54) is 17.6 Å². The average Bonchev–Trinajstić information content (AvgIpc) is 3.12. The molecule has 0 bridgehead atoms. The Bertz CT molecular complexity index is 820. The molecule has 0 aliphatic carbocycles. The summed E-state index contributed by atoms with van der Waals surface area (Å²) in [4.78, 5) is 27.6. The van der Waals surface area contributed by atoms with Gasteiger partial charge in [-0.15, -0.1) is 10.2 Å². The summed E-state index contributed by atoms with van der Waals surface area (Å²) < 4.78 is 10.3. The Hall–Kier alpha value is -2.90. The summed E-state index contributed by atoms with van der Waals surface area (Å²) in [5.41, 5.74) is 2.32. The molecule has 2 amide bonds. The highest BCUT2D eigenvalue weighted by atomic mass is 16.5. The molecule has 0 N–H and O–H groups in total. The van der Waals surface area contributed by atoms with E-state index in [1.807, 2.05) is 18.2 Å². The predicted molar refractivity (Wildman–Crippen MR) is 96.7 cm³/mol. The number of hydrogen-bond donors (Lipinski definition) is 0. The minimum atomic E-state index is -0.409. The molecule has 8 heteroatoms. The van der Waals surface area contributed by atoms with Gasteiger partial charge in [-0.3, -0.25) is 4.79 Å². The van der Waals surface area contributed by atoms with Gasteiger partial charge in [0.25, 0.3) is 0 Å². The van der Waals surface area contributed by atoms with Crippen LogP contribution in [0.2, 0.25) is 0 Å². The fourth-order valence-corrected chi connectivity index (χ4v) is 3.31. The van der Waals surface area contributed by atoms with Crippen molar-refractivity contribution in [3.05, 3.63) is 47.2 Å². The van der Waals surface area contributed by atoms with E-state index in [9.17, 15) is 9.59 Å². The van der Waals surface area contributed by atoms with Crippen LogP contribution < -0.4 is 0 Å². The maximum atomic E-state index is 12.9. The molecule has 2 aromatic rings. The van der Waals surface area contributed by atoms with Crippen LogP contribution in [0.5, 0.6) is 0 Å². The summed E-state index contributed by atoms with van der Waals surface area (Å²) in [6, 6.07) is 7.81. The molecule has 1 atom stereocenters. The van der Waals surface area contributed by atoms with Gasteiger partial charge in [0, 0.05) is 39.9 Å². The van der Waals surface area contributed by atoms with Gasteiger partial charge >= 0.3 is 6.09 Å². The van der Waals surface area contributed by atoms with Gasteiger partial charge in [-0.1, -0.05) is 24.3 Å². The van der Waals surface area contributed by atoms with Crippen LogP contribution in [-0.2, 0) is 22.5 Å². The monoisotopic (exact) mass is 372 g/mol. The Labute approximate surface area is 158 Å². The van der Waals surface area contributed by atoms with Crippen LogP contribution in [0.25, 0.3) is 0 Å². The van der Waals surface area contributed by atoms with Gasteiger partial charge in [0.15, 0.2) is 0 Å². The van der Waals surface area contributed by atoms with Gasteiger partial charge < -0.3 is 19.0 Å². The molecule has 144 valence electrons. The lowest BCUT2D eigenvalue weighted by molar-refractivity contribution is -0.135. The van der Waals surface area contributed by atoms with Crippen molar-refractivity contribution in [2.45, 2.75) is 38.8 Å². The third-order valence-electron chi connectivity index (χ3n) is 4.77. The minimum Gasteiger partial charge on any atom is -0.453 e. The van der Waals surface area contributed by atoms with Crippen LogP contribution >= 0.6 is 0 Å². The first-order chi connectivity index (χ1) is 13.0. The Morgan fingerprint density at radius 2 is 2.04 bits per heavy atom. The van der Waals surface area contributed by atoms with Crippen molar-refractivity contribution < 1.29 is 18.7 Å². The molecule has 1 unspecified atom stereocenters. The molecule has 0 saturated heterocycles. The zero-order valence-corrected chi connectivity index (χ0v) is 15.8. The van der Waals surface area contributed by atoms with Crippen LogP contribution in [0, 0.1) is 6.92 Å². The molecule has 1 aromatic heterocycles. The summed E-state index contributed by atoms with van der Waals surface area (Å²) in [7, 11) is 2.99. The normalized spacial score (nSPS) is 16.0. The lowest BCUT2D eigenvalue weighted by Gasteiger charge is -2.35. The zero-order chi connectivity index (χ0) is 19.4. The van der Waals surface area contributed by atoms with E-state index >= 15 is 0 Å². The molecular formula is C19H24N4O4. The number of fused-ring (bicyclic) bond motifs is 1. The molecule has 0 spiro atoms. The Morgan fingerprint density at radius 3 is 2.70 bits per heavy atom. The fourth-order valence-electron chi connectivity index (χ4n) is 3.31. The lowest BCUT2D eigenvalue weighted by atomic mass is 9.93. The SMILES string of the molecule is COC(=O)N(C)CCCC(=O)N1Cc2ccccc2CC1c1nnc(C)o1. The second-order valence-corrected chi connectivity index (χ2v) is 6.66. The largest absolute Gasteiger partial charge is 0.453 e. The van der Waals surface area contributed by atoms with Gasteiger partial charge in [-0.2, -0.15) is 0 Å². The summed E-state index contributed by atoms with van der Waals surface area (Å²) in [5.74, 6) is 0.946. The second kappa shape index (κ2) is 8.20. The molecule has 27 heavy (non-hydrogen) atoms. The fraction of sp³-hybridized carbons (Fsp3) is 0.474. The van der Waals surface area contributed by atoms with Crippen molar-refractivity contribution >= 4 is 12.0 Å². The van der Waals surface area contributed by atoms with Crippen molar-refractivity contribution in [1.82, 2.24) is 20.0 Å². The Balaban J connectivity index is 1.72. The van der Waals surface area contributed by atoms with E-state index < -0.39 is 6.09 Å². The average molecular weight is 372 g/mol. The van der Waals surface area contributed by atoms with E-state index in [4.69, 9.17) is 4.42 Å². The molecule has 3 rings (SSSR count). The maximum Gasteiger partial charge on any atom is 0.409 e. The van der Waals surface area contributed by atoms with Crippen molar-refractivity contribution in [1.29, 1.82) is 0 Å².